The number of nitrogens with zero attached hydrogens (tertiary/aromatic N) is 5. The lowest BCUT2D eigenvalue weighted by atomic mass is 9.98. The third-order valence-electron chi connectivity index (χ3n) is 5.12. The fourth-order valence-electron chi connectivity index (χ4n) is 3.62. The van der Waals surface area contributed by atoms with E-state index < -0.39 is 0 Å². The van der Waals surface area contributed by atoms with Crippen molar-refractivity contribution in [3.8, 4) is 5.75 Å². The molecule has 3 aromatic heterocycles. The van der Waals surface area contributed by atoms with Crippen LogP contribution in [-0.2, 0) is 0 Å². The zero-order valence-corrected chi connectivity index (χ0v) is 14.8. The van der Waals surface area contributed by atoms with E-state index in [9.17, 15) is 0 Å². The molecule has 4 aromatic rings. The average molecular weight is 345 g/mol. The van der Waals surface area contributed by atoms with Gasteiger partial charge in [0.05, 0.1) is 18.5 Å². The molecule has 0 radical (unpaired) electrons. The molecule has 0 unspecified atom stereocenters. The number of aryl methyl sites for hydroxylation is 1. The van der Waals surface area contributed by atoms with Crippen LogP contribution in [0.1, 0.15) is 17.3 Å². The van der Waals surface area contributed by atoms with Crippen LogP contribution in [0.4, 0.5) is 5.82 Å². The normalized spacial score (nSPS) is 14.8. The van der Waals surface area contributed by atoms with Gasteiger partial charge < -0.3 is 9.64 Å². The molecule has 0 amide bonds. The lowest BCUT2D eigenvalue weighted by Crippen LogP contribution is -2.46. The van der Waals surface area contributed by atoms with E-state index in [1.807, 2.05) is 36.5 Å². The SMILES string of the molecule is COc1ccc2c(C)cc(N3CC(c4nnc5ccccn45)C3)nc2c1. The lowest BCUT2D eigenvalue weighted by Gasteiger charge is -2.39. The van der Waals surface area contributed by atoms with Crippen molar-refractivity contribution in [2.24, 2.45) is 0 Å². The van der Waals surface area contributed by atoms with Gasteiger partial charge in [-0.15, -0.1) is 10.2 Å². The summed E-state index contributed by atoms with van der Waals surface area (Å²) < 4.78 is 7.41. The van der Waals surface area contributed by atoms with E-state index in [0.717, 1.165) is 47.0 Å². The highest BCUT2D eigenvalue weighted by atomic mass is 16.5. The number of methoxy groups -OCH3 is 1. The van der Waals surface area contributed by atoms with Gasteiger partial charge in [0.15, 0.2) is 5.65 Å². The number of rotatable bonds is 3. The Kier molecular flexibility index (Phi) is 3.31. The van der Waals surface area contributed by atoms with Gasteiger partial charge >= 0.3 is 0 Å². The van der Waals surface area contributed by atoms with Crippen LogP contribution in [0.3, 0.4) is 0 Å². The molecule has 4 heterocycles. The fraction of sp³-hybridized carbons (Fsp3) is 0.250. The van der Waals surface area contributed by atoms with Crippen LogP contribution in [0.15, 0.2) is 48.7 Å². The molecular weight excluding hydrogens is 326 g/mol. The Hall–Kier alpha value is -3.15. The number of anilines is 1. The van der Waals surface area contributed by atoms with Gasteiger partial charge in [-0.2, -0.15) is 0 Å². The molecule has 1 fully saturated rings. The molecule has 6 heteroatoms. The third-order valence-corrected chi connectivity index (χ3v) is 5.12. The van der Waals surface area contributed by atoms with Crippen LogP contribution < -0.4 is 9.64 Å². The second kappa shape index (κ2) is 5.69. The molecule has 1 aliphatic heterocycles. The Morgan fingerprint density at radius 1 is 1.08 bits per heavy atom. The first-order valence-corrected chi connectivity index (χ1v) is 8.73. The predicted molar refractivity (Wildman–Crippen MR) is 101 cm³/mol. The first-order valence-electron chi connectivity index (χ1n) is 8.73. The van der Waals surface area contributed by atoms with Gasteiger partial charge in [0, 0.05) is 30.7 Å². The summed E-state index contributed by atoms with van der Waals surface area (Å²) in [7, 11) is 1.68. The maximum atomic E-state index is 5.34. The van der Waals surface area contributed by atoms with E-state index in [2.05, 4.69) is 38.6 Å². The van der Waals surface area contributed by atoms with E-state index >= 15 is 0 Å². The van der Waals surface area contributed by atoms with Crippen LogP contribution in [0.2, 0.25) is 0 Å². The Labute approximate surface area is 151 Å². The van der Waals surface area contributed by atoms with Crippen LogP contribution in [0.5, 0.6) is 5.75 Å². The highest BCUT2D eigenvalue weighted by Gasteiger charge is 2.32. The van der Waals surface area contributed by atoms with Crippen molar-refractivity contribution in [1.82, 2.24) is 19.6 Å². The number of ether oxygens (including phenoxy) is 1. The average Bonchev–Trinajstić information content (AvgIpc) is 3.04. The molecule has 1 aromatic carbocycles. The molecule has 130 valence electrons. The molecule has 5 rings (SSSR count). The zero-order chi connectivity index (χ0) is 17.7. The molecule has 0 aliphatic carbocycles. The van der Waals surface area contributed by atoms with Crippen molar-refractivity contribution < 1.29 is 4.74 Å². The summed E-state index contributed by atoms with van der Waals surface area (Å²) in [6, 6.07) is 14.2. The molecular formula is C20H19N5O. The summed E-state index contributed by atoms with van der Waals surface area (Å²) in [4.78, 5) is 7.14. The van der Waals surface area contributed by atoms with E-state index in [0.29, 0.717) is 5.92 Å². The quantitative estimate of drug-likeness (QED) is 0.571. The summed E-state index contributed by atoms with van der Waals surface area (Å²) in [6.07, 6.45) is 2.03. The maximum Gasteiger partial charge on any atom is 0.160 e. The van der Waals surface area contributed by atoms with Crippen LogP contribution in [0, 0.1) is 6.92 Å². The predicted octanol–water partition coefficient (Wildman–Crippen LogP) is 3.20. The lowest BCUT2D eigenvalue weighted by molar-refractivity contribution is 0.415. The first-order chi connectivity index (χ1) is 12.7. The summed E-state index contributed by atoms with van der Waals surface area (Å²) >= 11 is 0. The Morgan fingerprint density at radius 2 is 1.96 bits per heavy atom. The van der Waals surface area contributed by atoms with Crippen molar-refractivity contribution in [2.75, 3.05) is 25.1 Å². The van der Waals surface area contributed by atoms with E-state index in [1.54, 1.807) is 7.11 Å². The molecule has 26 heavy (non-hydrogen) atoms. The van der Waals surface area contributed by atoms with E-state index in [-0.39, 0.29) is 0 Å². The molecule has 0 saturated carbocycles. The molecule has 6 nitrogen and oxygen atoms in total. The minimum atomic E-state index is 0.371. The number of hydrogen-bond acceptors (Lipinski definition) is 5. The number of benzene rings is 1. The minimum Gasteiger partial charge on any atom is -0.497 e. The molecule has 1 aliphatic rings. The minimum absolute atomic E-state index is 0.371. The first kappa shape index (κ1) is 15.1. The van der Waals surface area contributed by atoms with E-state index in [1.165, 1.54) is 5.56 Å². The Bertz CT molecular complexity index is 1110. The van der Waals surface area contributed by atoms with Gasteiger partial charge in [0.1, 0.15) is 17.4 Å². The van der Waals surface area contributed by atoms with Gasteiger partial charge in [-0.3, -0.25) is 4.40 Å². The van der Waals surface area contributed by atoms with Gasteiger partial charge in [-0.25, -0.2) is 4.98 Å². The van der Waals surface area contributed by atoms with Crippen molar-refractivity contribution in [2.45, 2.75) is 12.8 Å². The molecule has 0 spiro atoms. The zero-order valence-electron chi connectivity index (χ0n) is 14.8. The Balaban J connectivity index is 1.43. The van der Waals surface area contributed by atoms with Crippen molar-refractivity contribution in [1.29, 1.82) is 0 Å². The second-order valence-corrected chi connectivity index (χ2v) is 6.77. The van der Waals surface area contributed by atoms with Crippen LogP contribution in [-0.4, -0.2) is 39.8 Å². The highest BCUT2D eigenvalue weighted by Crippen LogP contribution is 2.32. The molecule has 1 saturated heterocycles. The van der Waals surface area contributed by atoms with Crippen molar-refractivity contribution in [3.05, 3.63) is 60.0 Å². The summed E-state index contributed by atoms with van der Waals surface area (Å²) in [6.45, 7) is 3.93. The van der Waals surface area contributed by atoms with Crippen molar-refractivity contribution >= 4 is 22.4 Å². The topological polar surface area (TPSA) is 55.5 Å². The second-order valence-electron chi connectivity index (χ2n) is 6.77. The van der Waals surface area contributed by atoms with Gasteiger partial charge in [-0.1, -0.05) is 6.07 Å². The number of fused-ring (bicyclic) bond motifs is 2. The largest absolute Gasteiger partial charge is 0.497 e. The number of aromatic nitrogens is 4. The standard InChI is InChI=1S/C20H19N5O/c1-13-9-19(21-17-10-15(26-2)6-7-16(13)17)24-11-14(12-24)20-23-22-18-5-3-4-8-25(18)20/h3-10,14H,11-12H2,1-2H3. The number of hydrogen-bond donors (Lipinski definition) is 0. The summed E-state index contributed by atoms with van der Waals surface area (Å²) in [5.74, 6) is 3.23. The fourth-order valence-corrected chi connectivity index (χ4v) is 3.62. The van der Waals surface area contributed by atoms with E-state index in [4.69, 9.17) is 9.72 Å². The van der Waals surface area contributed by atoms with Gasteiger partial charge in [0.2, 0.25) is 0 Å². The maximum absolute atomic E-state index is 5.34. The number of pyridine rings is 2. The highest BCUT2D eigenvalue weighted by molar-refractivity contribution is 5.85. The molecule has 0 atom stereocenters. The van der Waals surface area contributed by atoms with Gasteiger partial charge in [-0.05, 0) is 42.8 Å². The smallest absolute Gasteiger partial charge is 0.160 e. The summed E-state index contributed by atoms with van der Waals surface area (Å²) in [5.41, 5.74) is 3.09. The van der Waals surface area contributed by atoms with Crippen LogP contribution in [0.25, 0.3) is 16.6 Å². The van der Waals surface area contributed by atoms with Crippen molar-refractivity contribution in [3.63, 3.8) is 0 Å². The molecule has 0 N–H and O–H groups in total. The summed E-state index contributed by atoms with van der Waals surface area (Å²) in [5, 5.41) is 9.81. The van der Waals surface area contributed by atoms with Gasteiger partial charge in [0.25, 0.3) is 0 Å². The monoisotopic (exact) mass is 345 g/mol. The third kappa shape index (κ3) is 2.29. The molecule has 0 bridgehead atoms. The Morgan fingerprint density at radius 3 is 2.81 bits per heavy atom. The van der Waals surface area contributed by atoms with Crippen LogP contribution >= 0.6 is 0 Å².